The van der Waals surface area contributed by atoms with E-state index in [0.29, 0.717) is 0 Å². The molecule has 42 heavy (non-hydrogen) atoms. The summed E-state index contributed by atoms with van der Waals surface area (Å²) >= 11 is 3.83. The van der Waals surface area contributed by atoms with Gasteiger partial charge in [0.15, 0.2) is 0 Å². The number of para-hydroxylation sites is 1. The van der Waals surface area contributed by atoms with Crippen LogP contribution < -0.4 is 9.80 Å². The van der Waals surface area contributed by atoms with Crippen LogP contribution in [0.15, 0.2) is 144 Å². The fourth-order valence-corrected chi connectivity index (χ4v) is 6.49. The van der Waals surface area contributed by atoms with Gasteiger partial charge in [-0.25, -0.2) is 9.97 Å². The van der Waals surface area contributed by atoms with Crippen molar-refractivity contribution >= 4 is 50.3 Å². The highest BCUT2D eigenvalue weighted by molar-refractivity contribution is 9.10. The molecule has 0 saturated carbocycles. The first-order valence-corrected chi connectivity index (χ1v) is 14.8. The van der Waals surface area contributed by atoms with Crippen LogP contribution in [0.2, 0.25) is 0 Å². The minimum Gasteiger partial charge on any atom is -0.295 e. The van der Waals surface area contributed by atoms with E-state index < -0.39 is 0 Å². The second-order valence-corrected chi connectivity index (χ2v) is 11.9. The Morgan fingerprint density at radius 3 is 1.71 bits per heavy atom. The Balaban J connectivity index is 1.41. The monoisotopic (exact) mass is 608 g/mol. The first kappa shape index (κ1) is 26.2. The molecule has 4 aromatic carbocycles. The number of hydrogen-bond acceptors (Lipinski definition) is 4. The van der Waals surface area contributed by atoms with Gasteiger partial charge in [-0.3, -0.25) is 9.80 Å². The van der Waals surface area contributed by atoms with Crippen LogP contribution in [0.5, 0.6) is 0 Å². The number of halogens is 1. The van der Waals surface area contributed by atoms with Gasteiger partial charge in [0.05, 0.1) is 11.4 Å². The number of hydrogen-bond donors (Lipinski definition) is 0. The summed E-state index contributed by atoms with van der Waals surface area (Å²) in [6, 6.07) is 44.4. The van der Waals surface area contributed by atoms with Gasteiger partial charge in [0.2, 0.25) is 0 Å². The molecule has 7 rings (SSSR count). The van der Waals surface area contributed by atoms with Crippen LogP contribution >= 0.6 is 15.9 Å². The highest BCUT2D eigenvalue weighted by Crippen LogP contribution is 2.50. The molecule has 6 aromatic rings. The van der Waals surface area contributed by atoms with Gasteiger partial charge in [-0.05, 0) is 89.0 Å². The van der Waals surface area contributed by atoms with Crippen molar-refractivity contribution in [1.82, 2.24) is 9.97 Å². The first-order chi connectivity index (χ1) is 20.5. The molecule has 1 aliphatic rings. The number of aromatic nitrogens is 2. The van der Waals surface area contributed by atoms with Gasteiger partial charge in [-0.15, -0.1) is 0 Å². The summed E-state index contributed by atoms with van der Waals surface area (Å²) in [4.78, 5) is 13.9. The van der Waals surface area contributed by atoms with E-state index in [-0.39, 0.29) is 5.41 Å². The van der Waals surface area contributed by atoms with Crippen LogP contribution in [0.1, 0.15) is 25.0 Å². The van der Waals surface area contributed by atoms with Crippen LogP contribution in [0.25, 0.3) is 11.1 Å². The minimum absolute atomic E-state index is 0.108. The third-order valence-electron chi connectivity index (χ3n) is 7.98. The van der Waals surface area contributed by atoms with Gasteiger partial charge in [0.1, 0.15) is 11.6 Å². The first-order valence-electron chi connectivity index (χ1n) is 14.0. The van der Waals surface area contributed by atoms with E-state index in [2.05, 4.69) is 131 Å². The summed E-state index contributed by atoms with van der Waals surface area (Å²) in [6.45, 7) is 4.63. The zero-order chi connectivity index (χ0) is 28.7. The molecule has 5 heteroatoms. The molecule has 0 radical (unpaired) electrons. The molecule has 0 aliphatic heterocycles. The number of rotatable bonds is 6. The van der Waals surface area contributed by atoms with Crippen LogP contribution in [0.3, 0.4) is 0 Å². The maximum absolute atomic E-state index is 4.81. The summed E-state index contributed by atoms with van der Waals surface area (Å²) in [5, 5.41) is 0. The number of pyridine rings is 2. The van der Waals surface area contributed by atoms with Crippen LogP contribution in [0, 0.1) is 0 Å². The molecule has 204 valence electrons. The molecule has 0 spiro atoms. The van der Waals surface area contributed by atoms with Gasteiger partial charge in [0, 0.05) is 33.7 Å². The largest absolute Gasteiger partial charge is 0.295 e. The topological polar surface area (TPSA) is 32.3 Å². The van der Waals surface area contributed by atoms with Gasteiger partial charge in [-0.1, -0.05) is 90.4 Å². The fraction of sp³-hybridized carbons (Fsp3) is 0.0811. The number of nitrogens with zero attached hydrogens (tertiary/aromatic N) is 4. The Bertz CT molecular complexity index is 1830. The molecule has 0 N–H and O–H groups in total. The molecular weight excluding hydrogens is 580 g/mol. The molecule has 0 bridgehead atoms. The van der Waals surface area contributed by atoms with E-state index in [1.807, 2.05) is 48.8 Å². The summed E-state index contributed by atoms with van der Waals surface area (Å²) in [5.41, 5.74) is 9.23. The molecule has 0 saturated heterocycles. The second-order valence-electron chi connectivity index (χ2n) is 11.0. The number of fused-ring (bicyclic) bond motifs is 3. The highest BCUT2D eigenvalue weighted by atomic mass is 79.9. The molecule has 0 unspecified atom stereocenters. The summed E-state index contributed by atoms with van der Waals surface area (Å²) in [5.74, 6) is 1.69. The summed E-state index contributed by atoms with van der Waals surface area (Å²) in [7, 11) is 0. The third kappa shape index (κ3) is 4.56. The van der Waals surface area contributed by atoms with E-state index in [1.54, 1.807) is 0 Å². The van der Waals surface area contributed by atoms with E-state index in [4.69, 9.17) is 9.97 Å². The van der Waals surface area contributed by atoms with Crippen molar-refractivity contribution in [3.05, 3.63) is 155 Å². The van der Waals surface area contributed by atoms with Gasteiger partial charge < -0.3 is 0 Å². The molecule has 1 aliphatic carbocycles. The fourth-order valence-electron chi connectivity index (χ4n) is 6.02. The predicted octanol–water partition coefficient (Wildman–Crippen LogP) is 10.5. The zero-order valence-corrected chi connectivity index (χ0v) is 25.0. The highest BCUT2D eigenvalue weighted by Gasteiger charge is 2.35. The van der Waals surface area contributed by atoms with Crippen molar-refractivity contribution in [3.8, 4) is 11.1 Å². The predicted molar refractivity (Wildman–Crippen MR) is 177 cm³/mol. The zero-order valence-electron chi connectivity index (χ0n) is 23.4. The molecule has 0 amide bonds. The molecule has 4 nitrogen and oxygen atoms in total. The Hall–Kier alpha value is -4.74. The normalized spacial score (nSPS) is 12.8. The lowest BCUT2D eigenvalue weighted by molar-refractivity contribution is 0.660. The van der Waals surface area contributed by atoms with Crippen LogP contribution in [-0.2, 0) is 5.41 Å². The Labute approximate surface area is 255 Å². The Morgan fingerprint density at radius 1 is 0.500 bits per heavy atom. The lowest BCUT2D eigenvalue weighted by Crippen LogP contribution is -2.17. The maximum Gasteiger partial charge on any atom is 0.137 e. The third-order valence-corrected chi connectivity index (χ3v) is 8.44. The van der Waals surface area contributed by atoms with Crippen molar-refractivity contribution in [2.45, 2.75) is 19.3 Å². The molecule has 2 heterocycles. The minimum atomic E-state index is -0.108. The van der Waals surface area contributed by atoms with E-state index in [1.165, 1.54) is 22.3 Å². The Kier molecular flexibility index (Phi) is 6.60. The second kappa shape index (κ2) is 10.6. The quantitative estimate of drug-likeness (QED) is 0.188. The van der Waals surface area contributed by atoms with Crippen molar-refractivity contribution in [3.63, 3.8) is 0 Å². The van der Waals surface area contributed by atoms with Crippen molar-refractivity contribution in [2.75, 3.05) is 9.80 Å². The van der Waals surface area contributed by atoms with Crippen LogP contribution in [-0.4, -0.2) is 9.97 Å². The maximum atomic E-state index is 4.81. The average Bonchev–Trinajstić information content (AvgIpc) is 3.25. The standard InChI is InChI=1S/C37H29BrN4/c1-37(2)33-15-7-6-14-31(33)32-19-18-28(25-34(32)37)42(36-17-9-11-21-40-36)30-23-26(38)22-29(24-30)41(27-12-4-3-5-13-27)35-16-8-10-20-39-35/h3-25H,1-2H3. The SMILES string of the molecule is CC1(C)c2ccccc2-c2ccc(N(c3cc(Br)cc(N(c4ccccc4)c4ccccn4)c3)c3ccccn3)cc21. The summed E-state index contributed by atoms with van der Waals surface area (Å²) < 4.78 is 0.960. The van der Waals surface area contributed by atoms with Crippen molar-refractivity contribution < 1.29 is 0 Å². The summed E-state index contributed by atoms with van der Waals surface area (Å²) in [6.07, 6.45) is 3.67. The van der Waals surface area contributed by atoms with Crippen LogP contribution in [0.4, 0.5) is 34.4 Å². The molecular formula is C37H29BrN4. The van der Waals surface area contributed by atoms with Crippen molar-refractivity contribution in [1.29, 1.82) is 0 Å². The lowest BCUT2D eigenvalue weighted by Gasteiger charge is -2.29. The lowest BCUT2D eigenvalue weighted by atomic mass is 9.82. The van der Waals surface area contributed by atoms with E-state index >= 15 is 0 Å². The average molecular weight is 610 g/mol. The van der Waals surface area contributed by atoms with Crippen molar-refractivity contribution in [2.24, 2.45) is 0 Å². The molecule has 0 atom stereocenters. The van der Waals surface area contributed by atoms with Gasteiger partial charge >= 0.3 is 0 Å². The van der Waals surface area contributed by atoms with Gasteiger partial charge in [0.25, 0.3) is 0 Å². The van der Waals surface area contributed by atoms with Gasteiger partial charge in [-0.2, -0.15) is 0 Å². The molecule has 0 fully saturated rings. The van der Waals surface area contributed by atoms with E-state index in [9.17, 15) is 0 Å². The number of anilines is 6. The Morgan fingerprint density at radius 2 is 1.07 bits per heavy atom. The number of benzene rings is 4. The smallest absolute Gasteiger partial charge is 0.137 e. The van der Waals surface area contributed by atoms with E-state index in [0.717, 1.165) is 38.9 Å². The molecule has 2 aromatic heterocycles.